The SMILES string of the molecule is C(=Cc1ccccc1)CC[n+]1csc2ccccc21. The molecule has 2 heteroatoms. The molecule has 2 aromatic carbocycles. The Kier molecular flexibility index (Phi) is 3.70. The van der Waals surface area contributed by atoms with Gasteiger partial charge in [-0.05, 0) is 11.6 Å². The van der Waals surface area contributed by atoms with Crippen LogP contribution in [0.5, 0.6) is 0 Å². The second-order valence-electron chi connectivity index (χ2n) is 4.49. The first kappa shape index (κ1) is 12.1. The molecule has 3 aromatic rings. The van der Waals surface area contributed by atoms with Crippen molar-refractivity contribution in [2.75, 3.05) is 0 Å². The first-order chi connectivity index (χ1) is 9.43. The van der Waals surface area contributed by atoms with Crippen molar-refractivity contribution >= 4 is 27.6 Å². The van der Waals surface area contributed by atoms with Crippen molar-refractivity contribution in [3.05, 3.63) is 71.7 Å². The molecule has 0 amide bonds. The van der Waals surface area contributed by atoms with Crippen LogP contribution in [0.3, 0.4) is 0 Å². The lowest BCUT2D eigenvalue weighted by atomic mass is 10.2. The molecular formula is C17H16NS+. The quantitative estimate of drug-likeness (QED) is 0.620. The average molecular weight is 266 g/mol. The molecule has 1 heterocycles. The summed E-state index contributed by atoms with van der Waals surface area (Å²) in [5.74, 6) is 0. The van der Waals surface area contributed by atoms with Gasteiger partial charge in [0.1, 0.15) is 4.70 Å². The highest BCUT2D eigenvalue weighted by atomic mass is 32.1. The van der Waals surface area contributed by atoms with E-state index in [9.17, 15) is 0 Å². The lowest BCUT2D eigenvalue weighted by Crippen LogP contribution is -2.30. The van der Waals surface area contributed by atoms with Gasteiger partial charge in [0.15, 0.2) is 6.54 Å². The van der Waals surface area contributed by atoms with Gasteiger partial charge in [-0.3, -0.25) is 0 Å². The Hall–Kier alpha value is -1.93. The molecule has 0 aliphatic carbocycles. The third-order valence-corrected chi connectivity index (χ3v) is 4.09. The molecule has 0 saturated carbocycles. The maximum atomic E-state index is 2.33. The van der Waals surface area contributed by atoms with Crippen molar-refractivity contribution in [2.24, 2.45) is 0 Å². The van der Waals surface area contributed by atoms with E-state index >= 15 is 0 Å². The predicted molar refractivity (Wildman–Crippen MR) is 82.1 cm³/mol. The highest BCUT2D eigenvalue weighted by molar-refractivity contribution is 7.16. The number of para-hydroxylation sites is 1. The van der Waals surface area contributed by atoms with E-state index in [0.717, 1.165) is 13.0 Å². The molecular weight excluding hydrogens is 250 g/mol. The second-order valence-corrected chi connectivity index (χ2v) is 5.37. The van der Waals surface area contributed by atoms with Gasteiger partial charge >= 0.3 is 0 Å². The second kappa shape index (κ2) is 5.81. The number of fused-ring (bicyclic) bond motifs is 1. The van der Waals surface area contributed by atoms with Gasteiger partial charge in [-0.2, -0.15) is 4.57 Å². The van der Waals surface area contributed by atoms with Crippen LogP contribution in [0.25, 0.3) is 16.3 Å². The zero-order valence-corrected chi connectivity index (χ0v) is 11.5. The standard InChI is InChI=1S/C17H16NS/c1-2-8-15(9-3-1)10-6-7-13-18-14-19-17-12-5-4-11-16(17)18/h1-6,8-12,14H,7,13H2/q+1. The normalized spacial score (nSPS) is 11.4. The number of aromatic nitrogens is 1. The van der Waals surface area contributed by atoms with E-state index in [2.05, 4.69) is 70.8 Å². The summed E-state index contributed by atoms with van der Waals surface area (Å²) < 4.78 is 3.68. The largest absolute Gasteiger partial charge is 0.225 e. The Morgan fingerprint density at radius 1 is 0.947 bits per heavy atom. The van der Waals surface area contributed by atoms with Crippen molar-refractivity contribution in [2.45, 2.75) is 13.0 Å². The highest BCUT2D eigenvalue weighted by Crippen LogP contribution is 2.15. The van der Waals surface area contributed by atoms with E-state index < -0.39 is 0 Å². The first-order valence-electron chi connectivity index (χ1n) is 6.51. The number of aryl methyl sites for hydroxylation is 1. The monoisotopic (exact) mass is 266 g/mol. The Balaban J connectivity index is 1.65. The van der Waals surface area contributed by atoms with Gasteiger partial charge in [-0.25, -0.2) is 0 Å². The molecule has 1 nitrogen and oxygen atoms in total. The van der Waals surface area contributed by atoms with Crippen LogP contribution in [0.4, 0.5) is 0 Å². The zero-order valence-electron chi connectivity index (χ0n) is 10.7. The van der Waals surface area contributed by atoms with Crippen LogP contribution in [-0.4, -0.2) is 0 Å². The summed E-state index contributed by atoms with van der Waals surface area (Å²) in [7, 11) is 0. The Morgan fingerprint density at radius 3 is 2.63 bits per heavy atom. The molecule has 0 unspecified atom stereocenters. The van der Waals surface area contributed by atoms with Gasteiger partial charge in [0.2, 0.25) is 11.0 Å². The Labute approximate surface area is 117 Å². The number of allylic oxidation sites excluding steroid dienone is 1. The van der Waals surface area contributed by atoms with Crippen LogP contribution in [0, 0.1) is 0 Å². The molecule has 94 valence electrons. The molecule has 0 spiro atoms. The van der Waals surface area contributed by atoms with E-state index in [1.54, 1.807) is 0 Å². The number of hydrogen-bond acceptors (Lipinski definition) is 1. The van der Waals surface area contributed by atoms with Crippen LogP contribution in [0.15, 0.2) is 66.2 Å². The van der Waals surface area contributed by atoms with Gasteiger partial charge in [0.05, 0.1) is 0 Å². The van der Waals surface area contributed by atoms with Gasteiger partial charge < -0.3 is 0 Å². The highest BCUT2D eigenvalue weighted by Gasteiger charge is 2.08. The number of benzene rings is 2. The maximum absolute atomic E-state index is 2.33. The molecule has 3 rings (SSSR count). The van der Waals surface area contributed by atoms with Gasteiger partial charge in [-0.1, -0.05) is 66.0 Å². The van der Waals surface area contributed by atoms with Crippen LogP contribution in [0.1, 0.15) is 12.0 Å². The summed E-state index contributed by atoms with van der Waals surface area (Å²) in [6.45, 7) is 1.04. The summed E-state index contributed by atoms with van der Waals surface area (Å²) in [5.41, 5.74) is 4.81. The molecule has 1 aromatic heterocycles. The first-order valence-corrected chi connectivity index (χ1v) is 7.39. The molecule has 0 N–H and O–H groups in total. The molecule has 0 saturated heterocycles. The molecule has 0 radical (unpaired) electrons. The minimum atomic E-state index is 1.04. The van der Waals surface area contributed by atoms with Crippen LogP contribution in [-0.2, 0) is 6.54 Å². The van der Waals surface area contributed by atoms with Crippen molar-refractivity contribution in [1.82, 2.24) is 0 Å². The van der Waals surface area contributed by atoms with Gasteiger partial charge in [0.25, 0.3) is 0 Å². The van der Waals surface area contributed by atoms with E-state index in [0.29, 0.717) is 0 Å². The summed E-state index contributed by atoms with van der Waals surface area (Å²) >= 11 is 1.81. The fourth-order valence-corrected chi connectivity index (χ4v) is 3.06. The summed E-state index contributed by atoms with van der Waals surface area (Å²) in [5, 5.41) is 0. The number of thiazole rings is 1. The minimum absolute atomic E-state index is 1.04. The summed E-state index contributed by atoms with van der Waals surface area (Å²) in [4.78, 5) is 0. The predicted octanol–water partition coefficient (Wildman–Crippen LogP) is 4.29. The maximum Gasteiger partial charge on any atom is 0.225 e. The minimum Gasteiger partial charge on any atom is -0.188 e. The lowest BCUT2D eigenvalue weighted by molar-refractivity contribution is -0.666. The zero-order chi connectivity index (χ0) is 12.9. The van der Waals surface area contributed by atoms with Gasteiger partial charge in [-0.15, -0.1) is 0 Å². The topological polar surface area (TPSA) is 3.88 Å². The summed E-state index contributed by atoms with van der Waals surface area (Å²) in [6, 6.07) is 19.0. The molecule has 19 heavy (non-hydrogen) atoms. The number of hydrogen-bond donors (Lipinski definition) is 0. The lowest BCUT2D eigenvalue weighted by Gasteiger charge is -1.92. The molecule has 0 fully saturated rings. The number of rotatable bonds is 4. The van der Waals surface area contributed by atoms with E-state index in [1.807, 2.05) is 17.4 Å². The van der Waals surface area contributed by atoms with Crippen molar-refractivity contribution in [3.8, 4) is 0 Å². The molecule has 0 aliphatic heterocycles. The third kappa shape index (κ3) is 2.91. The van der Waals surface area contributed by atoms with E-state index in [1.165, 1.54) is 15.8 Å². The third-order valence-electron chi connectivity index (χ3n) is 3.13. The van der Waals surface area contributed by atoms with Crippen LogP contribution in [0.2, 0.25) is 0 Å². The Bertz CT molecular complexity index is 683. The van der Waals surface area contributed by atoms with Crippen molar-refractivity contribution in [3.63, 3.8) is 0 Å². The van der Waals surface area contributed by atoms with Gasteiger partial charge in [0, 0.05) is 12.5 Å². The smallest absolute Gasteiger partial charge is 0.188 e. The fraction of sp³-hybridized carbons (Fsp3) is 0.118. The molecule has 0 bridgehead atoms. The van der Waals surface area contributed by atoms with Crippen molar-refractivity contribution in [1.29, 1.82) is 0 Å². The Morgan fingerprint density at radius 2 is 1.74 bits per heavy atom. The van der Waals surface area contributed by atoms with E-state index in [4.69, 9.17) is 0 Å². The fourth-order valence-electron chi connectivity index (χ4n) is 2.14. The van der Waals surface area contributed by atoms with Crippen molar-refractivity contribution < 1.29 is 4.57 Å². The van der Waals surface area contributed by atoms with Crippen LogP contribution >= 0.6 is 11.3 Å². The average Bonchev–Trinajstić information content (AvgIpc) is 2.88. The molecule has 0 aliphatic rings. The van der Waals surface area contributed by atoms with E-state index in [-0.39, 0.29) is 0 Å². The number of nitrogens with zero attached hydrogens (tertiary/aromatic N) is 1. The van der Waals surface area contributed by atoms with Crippen LogP contribution < -0.4 is 4.57 Å². The molecule has 0 atom stereocenters. The summed E-state index contributed by atoms with van der Waals surface area (Å²) in [6.07, 6.45) is 5.49.